The summed E-state index contributed by atoms with van der Waals surface area (Å²) in [5.74, 6) is 0.0958. The van der Waals surface area contributed by atoms with Gasteiger partial charge in [-0.2, -0.15) is 0 Å². The van der Waals surface area contributed by atoms with Crippen LogP contribution in [0, 0.1) is 0 Å². The molecule has 0 atom stereocenters. The molecular weight excluding hydrogens is 516 g/mol. The van der Waals surface area contributed by atoms with Gasteiger partial charge in [-0.25, -0.2) is 0 Å². The fourth-order valence-electron chi connectivity index (χ4n) is 5.38. The molecular formula is C38H72N2O2. The van der Waals surface area contributed by atoms with Gasteiger partial charge in [0.25, 0.3) is 0 Å². The van der Waals surface area contributed by atoms with Crippen molar-refractivity contribution in [1.29, 1.82) is 0 Å². The Morgan fingerprint density at radius 2 is 0.690 bits per heavy atom. The first-order chi connectivity index (χ1) is 20.6. The highest BCUT2D eigenvalue weighted by Gasteiger charge is 2.10. The summed E-state index contributed by atoms with van der Waals surface area (Å²) in [6, 6.07) is 0. The molecule has 4 heteroatoms. The summed E-state index contributed by atoms with van der Waals surface area (Å²) >= 11 is 0. The van der Waals surface area contributed by atoms with E-state index in [4.69, 9.17) is 0 Å². The molecule has 4 nitrogen and oxygen atoms in total. The second-order valence-corrected chi connectivity index (χ2v) is 12.5. The molecule has 0 aromatic heterocycles. The Balaban J connectivity index is 3.46. The van der Waals surface area contributed by atoms with E-state index in [-0.39, 0.29) is 18.0 Å². The van der Waals surface area contributed by atoms with Gasteiger partial charge in [0.2, 0.25) is 11.8 Å². The Bertz CT molecular complexity index is 589. The quantitative estimate of drug-likeness (QED) is 0.0466. The second kappa shape index (κ2) is 33.9. The Morgan fingerprint density at radius 1 is 0.429 bits per heavy atom. The summed E-state index contributed by atoms with van der Waals surface area (Å²) < 4.78 is 0. The number of hydrogen-bond acceptors (Lipinski definition) is 2. The van der Waals surface area contributed by atoms with Crippen LogP contribution in [-0.4, -0.2) is 18.0 Å². The van der Waals surface area contributed by atoms with E-state index in [0.717, 1.165) is 25.7 Å². The summed E-state index contributed by atoms with van der Waals surface area (Å²) in [5.41, 5.74) is 0. The third-order valence-electron chi connectivity index (χ3n) is 8.09. The fraction of sp³-hybridized carbons (Fsp3) is 0.842. The van der Waals surface area contributed by atoms with E-state index in [1.54, 1.807) is 0 Å². The Hall–Kier alpha value is -1.58. The van der Waals surface area contributed by atoms with Gasteiger partial charge in [-0.3, -0.25) is 9.59 Å². The van der Waals surface area contributed by atoms with Crippen molar-refractivity contribution in [2.75, 3.05) is 0 Å². The Kier molecular flexibility index (Phi) is 32.6. The first-order valence-electron chi connectivity index (χ1n) is 18.5. The number of carbonyl (C=O) groups is 2. The van der Waals surface area contributed by atoms with Crippen molar-refractivity contribution in [3.8, 4) is 0 Å². The monoisotopic (exact) mass is 589 g/mol. The zero-order chi connectivity index (χ0) is 30.8. The summed E-state index contributed by atoms with van der Waals surface area (Å²) in [6.07, 6.45) is 42.9. The Morgan fingerprint density at radius 3 is 1.00 bits per heavy atom. The second-order valence-electron chi connectivity index (χ2n) is 12.5. The average molecular weight is 589 g/mol. The van der Waals surface area contributed by atoms with Crippen LogP contribution in [0.3, 0.4) is 0 Å². The van der Waals surface area contributed by atoms with Gasteiger partial charge in [0, 0.05) is 12.8 Å². The number of rotatable bonds is 32. The van der Waals surface area contributed by atoms with Crippen molar-refractivity contribution in [3.05, 3.63) is 24.3 Å². The zero-order valence-corrected chi connectivity index (χ0v) is 28.5. The lowest BCUT2D eigenvalue weighted by Crippen LogP contribution is -2.45. The lowest BCUT2D eigenvalue weighted by atomic mass is 10.1. The van der Waals surface area contributed by atoms with Crippen LogP contribution in [0.1, 0.15) is 201 Å². The maximum Gasteiger partial charge on any atom is 0.221 e. The van der Waals surface area contributed by atoms with Crippen LogP contribution in [0.5, 0.6) is 0 Å². The predicted octanol–water partition coefficient (Wildman–Crippen LogP) is 11.6. The Labute approximate surface area is 262 Å². The van der Waals surface area contributed by atoms with Crippen molar-refractivity contribution in [2.45, 2.75) is 207 Å². The van der Waals surface area contributed by atoms with Gasteiger partial charge in [0.1, 0.15) is 0 Å². The van der Waals surface area contributed by atoms with E-state index in [1.807, 2.05) is 6.92 Å². The van der Waals surface area contributed by atoms with Gasteiger partial charge in [0.15, 0.2) is 0 Å². The van der Waals surface area contributed by atoms with Crippen LogP contribution >= 0.6 is 0 Å². The molecule has 2 N–H and O–H groups in total. The minimum absolute atomic E-state index is 0.0479. The molecule has 0 aliphatic carbocycles. The highest BCUT2D eigenvalue weighted by atomic mass is 16.2. The number of hydrogen-bond donors (Lipinski definition) is 2. The number of amides is 2. The van der Waals surface area contributed by atoms with E-state index in [2.05, 4.69) is 48.8 Å². The van der Waals surface area contributed by atoms with Crippen molar-refractivity contribution >= 4 is 11.8 Å². The van der Waals surface area contributed by atoms with Crippen LogP contribution < -0.4 is 10.6 Å². The molecule has 0 heterocycles. The van der Waals surface area contributed by atoms with Gasteiger partial charge in [-0.1, -0.05) is 141 Å². The SMILES string of the molecule is CCCCCC/C=C/CCCCCCCCCC(=O)NC(C)NC(=O)CCCCCCCCC/C=C/CCCCCC. The topological polar surface area (TPSA) is 58.2 Å². The van der Waals surface area contributed by atoms with Crippen LogP contribution in [0.4, 0.5) is 0 Å². The predicted molar refractivity (Wildman–Crippen MR) is 185 cm³/mol. The number of nitrogens with one attached hydrogen (secondary N) is 2. The van der Waals surface area contributed by atoms with Crippen LogP contribution in [0.15, 0.2) is 24.3 Å². The number of unbranched alkanes of at least 4 members (excludes halogenated alkanes) is 22. The summed E-state index contributed by atoms with van der Waals surface area (Å²) in [4.78, 5) is 24.4. The first-order valence-corrected chi connectivity index (χ1v) is 18.5. The summed E-state index contributed by atoms with van der Waals surface area (Å²) in [5, 5.41) is 5.86. The standard InChI is InChI=1S/C38H72N2O2/c1-4-6-8-10-12-14-16-18-20-22-24-26-28-30-32-34-37(41)39-36(3)40-38(42)35-33-31-29-27-25-23-21-19-17-15-13-11-9-7-5-2/h14-17,36H,4-13,18-35H2,1-3H3,(H,39,41)(H,40,42)/b16-14+,17-15+. The highest BCUT2D eigenvalue weighted by molar-refractivity contribution is 5.79. The molecule has 0 bridgehead atoms. The average Bonchev–Trinajstić information content (AvgIpc) is 2.97. The summed E-state index contributed by atoms with van der Waals surface area (Å²) in [7, 11) is 0. The number of allylic oxidation sites excluding steroid dienone is 4. The zero-order valence-electron chi connectivity index (χ0n) is 28.5. The molecule has 0 aromatic carbocycles. The third-order valence-corrected chi connectivity index (χ3v) is 8.09. The molecule has 2 amide bonds. The smallest absolute Gasteiger partial charge is 0.221 e. The molecule has 0 rings (SSSR count). The van der Waals surface area contributed by atoms with Gasteiger partial charge < -0.3 is 10.6 Å². The van der Waals surface area contributed by atoms with Crippen molar-refractivity contribution in [2.24, 2.45) is 0 Å². The fourth-order valence-corrected chi connectivity index (χ4v) is 5.38. The molecule has 0 aliphatic heterocycles. The third kappa shape index (κ3) is 32.9. The molecule has 246 valence electrons. The van der Waals surface area contributed by atoms with E-state index < -0.39 is 0 Å². The molecule has 0 aliphatic rings. The first kappa shape index (κ1) is 40.4. The van der Waals surface area contributed by atoms with Crippen molar-refractivity contribution in [3.63, 3.8) is 0 Å². The molecule has 0 fully saturated rings. The van der Waals surface area contributed by atoms with Gasteiger partial charge >= 0.3 is 0 Å². The maximum absolute atomic E-state index is 12.2. The van der Waals surface area contributed by atoms with Gasteiger partial charge in [-0.05, 0) is 71.1 Å². The molecule has 0 aromatic rings. The molecule has 0 unspecified atom stereocenters. The van der Waals surface area contributed by atoms with Gasteiger partial charge in [0.05, 0.1) is 6.17 Å². The summed E-state index contributed by atoms with van der Waals surface area (Å²) in [6.45, 7) is 6.38. The highest BCUT2D eigenvalue weighted by Crippen LogP contribution is 2.12. The lowest BCUT2D eigenvalue weighted by molar-refractivity contribution is -0.124. The molecule has 0 spiro atoms. The van der Waals surface area contributed by atoms with Crippen molar-refractivity contribution < 1.29 is 9.59 Å². The van der Waals surface area contributed by atoms with E-state index in [9.17, 15) is 9.59 Å². The van der Waals surface area contributed by atoms with E-state index >= 15 is 0 Å². The normalized spacial score (nSPS) is 11.7. The van der Waals surface area contributed by atoms with Crippen LogP contribution in [0.2, 0.25) is 0 Å². The minimum atomic E-state index is -0.291. The van der Waals surface area contributed by atoms with Crippen LogP contribution in [0.25, 0.3) is 0 Å². The van der Waals surface area contributed by atoms with Crippen molar-refractivity contribution in [1.82, 2.24) is 10.6 Å². The largest absolute Gasteiger partial charge is 0.336 e. The maximum atomic E-state index is 12.2. The molecule has 0 saturated carbocycles. The van der Waals surface area contributed by atoms with Crippen LogP contribution in [-0.2, 0) is 9.59 Å². The van der Waals surface area contributed by atoms with Gasteiger partial charge in [-0.15, -0.1) is 0 Å². The van der Waals surface area contributed by atoms with E-state index in [1.165, 1.54) is 141 Å². The van der Waals surface area contributed by atoms with E-state index in [0.29, 0.717) is 12.8 Å². The lowest BCUT2D eigenvalue weighted by Gasteiger charge is -2.16. The minimum Gasteiger partial charge on any atom is -0.336 e. The number of carbonyl (C=O) groups excluding carboxylic acids is 2. The molecule has 0 radical (unpaired) electrons. The molecule has 0 saturated heterocycles. The molecule has 42 heavy (non-hydrogen) atoms.